The molecule has 2 aliphatic heterocycles. The fourth-order valence-corrected chi connectivity index (χ4v) is 3.68. The molecular formula is C16H33N3. The van der Waals surface area contributed by atoms with Crippen LogP contribution in [0, 0.1) is 11.8 Å². The second-order valence-corrected chi connectivity index (χ2v) is 7.06. The highest BCUT2D eigenvalue weighted by Gasteiger charge is 2.24. The lowest BCUT2D eigenvalue weighted by atomic mass is 9.95. The van der Waals surface area contributed by atoms with Crippen LogP contribution in [-0.4, -0.2) is 62.2 Å². The van der Waals surface area contributed by atoms with Crippen molar-refractivity contribution in [2.75, 3.05) is 46.3 Å². The van der Waals surface area contributed by atoms with Gasteiger partial charge in [-0.2, -0.15) is 0 Å². The highest BCUT2D eigenvalue weighted by molar-refractivity contribution is 4.81. The summed E-state index contributed by atoms with van der Waals surface area (Å²) in [5.74, 6) is 1.74. The van der Waals surface area contributed by atoms with E-state index in [0.717, 1.165) is 17.9 Å². The average Bonchev–Trinajstić information content (AvgIpc) is 2.40. The first-order chi connectivity index (χ1) is 9.15. The van der Waals surface area contributed by atoms with Crippen molar-refractivity contribution in [2.45, 2.75) is 45.6 Å². The van der Waals surface area contributed by atoms with Crippen LogP contribution in [0.3, 0.4) is 0 Å². The number of nitrogens with zero attached hydrogens (tertiary/aromatic N) is 2. The lowest BCUT2D eigenvalue weighted by molar-refractivity contribution is 0.103. The SMILES string of the molecule is CC(C)CN1CCC(N(C)CC2CCNCC2)CC1. The summed E-state index contributed by atoms with van der Waals surface area (Å²) >= 11 is 0. The monoisotopic (exact) mass is 267 g/mol. The Balaban J connectivity index is 1.68. The zero-order chi connectivity index (χ0) is 13.7. The van der Waals surface area contributed by atoms with Crippen LogP contribution in [0.1, 0.15) is 39.5 Å². The molecular weight excluding hydrogens is 234 g/mol. The summed E-state index contributed by atoms with van der Waals surface area (Å²) < 4.78 is 0. The summed E-state index contributed by atoms with van der Waals surface area (Å²) in [4.78, 5) is 5.31. The van der Waals surface area contributed by atoms with E-state index in [2.05, 4.69) is 36.0 Å². The first kappa shape index (κ1) is 15.3. The molecule has 2 aliphatic rings. The molecule has 0 aromatic rings. The average molecular weight is 267 g/mol. The van der Waals surface area contributed by atoms with Crippen LogP contribution in [0.2, 0.25) is 0 Å². The molecule has 0 unspecified atom stereocenters. The normalized spacial score (nSPS) is 24.5. The maximum Gasteiger partial charge on any atom is 0.0117 e. The van der Waals surface area contributed by atoms with Gasteiger partial charge in [0, 0.05) is 19.1 Å². The number of hydrogen-bond donors (Lipinski definition) is 1. The van der Waals surface area contributed by atoms with Crippen molar-refractivity contribution in [1.29, 1.82) is 0 Å². The van der Waals surface area contributed by atoms with E-state index in [4.69, 9.17) is 0 Å². The van der Waals surface area contributed by atoms with Crippen molar-refractivity contribution in [2.24, 2.45) is 11.8 Å². The largest absolute Gasteiger partial charge is 0.317 e. The third kappa shape index (κ3) is 5.05. The molecule has 19 heavy (non-hydrogen) atoms. The summed E-state index contributed by atoms with van der Waals surface area (Å²) in [6.07, 6.45) is 5.48. The molecule has 2 saturated heterocycles. The van der Waals surface area contributed by atoms with Crippen LogP contribution in [0.15, 0.2) is 0 Å². The Morgan fingerprint density at radius 2 is 1.74 bits per heavy atom. The topological polar surface area (TPSA) is 18.5 Å². The molecule has 2 fully saturated rings. The summed E-state index contributed by atoms with van der Waals surface area (Å²) in [5, 5.41) is 3.47. The van der Waals surface area contributed by atoms with Gasteiger partial charge in [-0.15, -0.1) is 0 Å². The summed E-state index contributed by atoms with van der Waals surface area (Å²) in [6, 6.07) is 0.832. The molecule has 2 heterocycles. The number of hydrogen-bond acceptors (Lipinski definition) is 3. The molecule has 0 amide bonds. The molecule has 0 spiro atoms. The second-order valence-electron chi connectivity index (χ2n) is 7.06. The Labute approximate surface area is 119 Å². The molecule has 0 saturated carbocycles. The predicted octanol–water partition coefficient (Wildman–Crippen LogP) is 2.04. The maximum atomic E-state index is 3.47. The minimum Gasteiger partial charge on any atom is -0.317 e. The fraction of sp³-hybridized carbons (Fsp3) is 1.00. The second kappa shape index (κ2) is 7.61. The number of piperidine rings is 2. The van der Waals surface area contributed by atoms with Crippen molar-refractivity contribution >= 4 is 0 Å². The van der Waals surface area contributed by atoms with E-state index < -0.39 is 0 Å². The van der Waals surface area contributed by atoms with E-state index in [0.29, 0.717) is 0 Å². The molecule has 0 bridgehead atoms. The molecule has 0 aliphatic carbocycles. The zero-order valence-corrected chi connectivity index (χ0v) is 13.2. The summed E-state index contributed by atoms with van der Waals surface area (Å²) in [6.45, 7) is 12.3. The van der Waals surface area contributed by atoms with Crippen LogP contribution in [0.4, 0.5) is 0 Å². The van der Waals surface area contributed by atoms with Crippen molar-refractivity contribution in [3.05, 3.63) is 0 Å². The van der Waals surface area contributed by atoms with Gasteiger partial charge in [0.2, 0.25) is 0 Å². The molecule has 0 aromatic heterocycles. The van der Waals surface area contributed by atoms with Gasteiger partial charge in [-0.3, -0.25) is 0 Å². The molecule has 3 nitrogen and oxygen atoms in total. The zero-order valence-electron chi connectivity index (χ0n) is 13.2. The van der Waals surface area contributed by atoms with Gasteiger partial charge in [-0.25, -0.2) is 0 Å². The standard InChI is InChI=1S/C16H33N3/c1-14(2)12-19-10-6-16(7-11-19)18(3)13-15-4-8-17-9-5-15/h14-17H,4-13H2,1-3H3. The van der Waals surface area contributed by atoms with Crippen molar-refractivity contribution in [3.63, 3.8) is 0 Å². The predicted molar refractivity (Wildman–Crippen MR) is 82.5 cm³/mol. The number of likely N-dealkylation sites (tertiary alicyclic amines) is 1. The van der Waals surface area contributed by atoms with Gasteiger partial charge in [-0.05, 0) is 70.7 Å². The van der Waals surface area contributed by atoms with E-state index in [9.17, 15) is 0 Å². The first-order valence-electron chi connectivity index (χ1n) is 8.28. The Morgan fingerprint density at radius 1 is 1.11 bits per heavy atom. The van der Waals surface area contributed by atoms with Gasteiger partial charge in [0.25, 0.3) is 0 Å². The quantitative estimate of drug-likeness (QED) is 0.822. The summed E-state index contributed by atoms with van der Waals surface area (Å²) in [7, 11) is 2.35. The van der Waals surface area contributed by atoms with Gasteiger partial charge < -0.3 is 15.1 Å². The summed E-state index contributed by atoms with van der Waals surface area (Å²) in [5.41, 5.74) is 0. The van der Waals surface area contributed by atoms with Crippen LogP contribution in [0.5, 0.6) is 0 Å². The van der Waals surface area contributed by atoms with E-state index in [1.807, 2.05) is 0 Å². The van der Waals surface area contributed by atoms with Gasteiger partial charge in [-0.1, -0.05) is 13.8 Å². The van der Waals surface area contributed by atoms with Crippen LogP contribution < -0.4 is 5.32 Å². The van der Waals surface area contributed by atoms with Gasteiger partial charge in [0.15, 0.2) is 0 Å². The van der Waals surface area contributed by atoms with Gasteiger partial charge in [0.1, 0.15) is 0 Å². The van der Waals surface area contributed by atoms with E-state index in [1.165, 1.54) is 65.0 Å². The molecule has 0 aromatic carbocycles. The van der Waals surface area contributed by atoms with Crippen LogP contribution in [-0.2, 0) is 0 Å². The minimum atomic E-state index is 0.809. The lowest BCUT2D eigenvalue weighted by Gasteiger charge is -2.39. The fourth-order valence-electron chi connectivity index (χ4n) is 3.68. The van der Waals surface area contributed by atoms with Crippen LogP contribution >= 0.6 is 0 Å². The van der Waals surface area contributed by atoms with E-state index >= 15 is 0 Å². The van der Waals surface area contributed by atoms with Crippen LogP contribution in [0.25, 0.3) is 0 Å². The highest BCUT2D eigenvalue weighted by atomic mass is 15.2. The van der Waals surface area contributed by atoms with Crippen molar-refractivity contribution in [3.8, 4) is 0 Å². The molecule has 0 atom stereocenters. The molecule has 1 N–H and O–H groups in total. The Hall–Kier alpha value is -0.120. The molecule has 2 rings (SSSR count). The number of rotatable bonds is 5. The van der Waals surface area contributed by atoms with E-state index in [1.54, 1.807) is 0 Å². The Kier molecular flexibility index (Phi) is 6.11. The maximum absolute atomic E-state index is 3.47. The third-order valence-electron chi connectivity index (χ3n) is 4.81. The Bertz CT molecular complexity index is 240. The van der Waals surface area contributed by atoms with Crippen molar-refractivity contribution in [1.82, 2.24) is 15.1 Å². The first-order valence-corrected chi connectivity index (χ1v) is 8.28. The minimum absolute atomic E-state index is 0.809. The van der Waals surface area contributed by atoms with Crippen molar-refractivity contribution < 1.29 is 0 Å². The third-order valence-corrected chi connectivity index (χ3v) is 4.81. The molecule has 3 heteroatoms. The number of nitrogens with one attached hydrogen (secondary N) is 1. The smallest absolute Gasteiger partial charge is 0.0117 e. The highest BCUT2D eigenvalue weighted by Crippen LogP contribution is 2.20. The Morgan fingerprint density at radius 3 is 2.32 bits per heavy atom. The molecule has 0 radical (unpaired) electrons. The molecule has 112 valence electrons. The van der Waals surface area contributed by atoms with Gasteiger partial charge >= 0.3 is 0 Å². The van der Waals surface area contributed by atoms with E-state index in [-0.39, 0.29) is 0 Å². The van der Waals surface area contributed by atoms with Gasteiger partial charge in [0.05, 0.1) is 0 Å². The lowest BCUT2D eigenvalue weighted by Crippen LogP contribution is -2.46.